The van der Waals surface area contributed by atoms with Crippen molar-refractivity contribution in [2.45, 2.75) is 0 Å². The molecule has 0 heterocycles. The molecular formula is H2Cl2PPt. The van der Waals surface area contributed by atoms with Crippen LogP contribution in [0, 0.1) is 0 Å². The van der Waals surface area contributed by atoms with E-state index in [-0.39, 0.29) is 24.8 Å². The molecule has 0 nitrogen and oxygen atoms in total. The molecule has 0 aliphatic heterocycles. The van der Waals surface area contributed by atoms with Gasteiger partial charge in [-0.25, -0.2) is 0 Å². The van der Waals surface area contributed by atoms with E-state index in [0.717, 1.165) is 0 Å². The molecule has 0 saturated carbocycles. The first-order valence-corrected chi connectivity index (χ1v) is 4.48. The second-order valence-electron chi connectivity index (χ2n) is 0. The van der Waals surface area contributed by atoms with Crippen LogP contribution in [0.15, 0.2) is 0 Å². The van der Waals surface area contributed by atoms with Crippen molar-refractivity contribution in [1.29, 1.82) is 0 Å². The summed E-state index contributed by atoms with van der Waals surface area (Å²) in [5.74, 6) is 0. The summed E-state index contributed by atoms with van der Waals surface area (Å²) in [5, 5.41) is 0. The molecular weight excluding hydrogens is 297 g/mol. The summed E-state index contributed by atoms with van der Waals surface area (Å²) < 4.78 is 0. The molecule has 0 amide bonds. The van der Waals surface area contributed by atoms with Crippen LogP contribution in [0.1, 0.15) is 0 Å². The van der Waals surface area contributed by atoms with Crippen LogP contribution >= 0.6 is 7.33 Å². The molecule has 31 valence electrons. The Balaban J connectivity index is -0.00000000500. The fraction of sp³-hybridized carbons (Fsp3) is 0. The first-order valence-electron chi connectivity index (χ1n) is 0.183. The van der Waals surface area contributed by atoms with Crippen molar-refractivity contribution in [3.05, 3.63) is 0 Å². The van der Waals surface area contributed by atoms with E-state index < -0.39 is 0 Å². The van der Waals surface area contributed by atoms with Gasteiger partial charge in [0.15, 0.2) is 0 Å². The standard InChI is InChI=1S/2ClH.H2P.Pt/h2*1H;1H2;/q;;-1;+3/p-2. The molecule has 0 rings (SSSR count). The Morgan fingerprint density at radius 2 is 1.00 bits per heavy atom. The van der Waals surface area contributed by atoms with Crippen molar-refractivity contribution < 1.29 is 44.1 Å². The van der Waals surface area contributed by atoms with E-state index in [1.807, 2.05) is 0 Å². The van der Waals surface area contributed by atoms with Gasteiger partial charge >= 0.3 is 26.6 Å². The summed E-state index contributed by atoms with van der Waals surface area (Å²) in [5.41, 5.74) is 0. The first-order chi connectivity index (χ1) is 1.00. The molecule has 0 aliphatic carbocycles. The zero-order valence-electron chi connectivity index (χ0n) is 1.65. The van der Waals surface area contributed by atoms with Crippen molar-refractivity contribution in [1.82, 2.24) is 0 Å². The van der Waals surface area contributed by atoms with Crippen LogP contribution in [0.5, 0.6) is 0 Å². The summed E-state index contributed by atoms with van der Waals surface area (Å²) >= 11 is 2.06. The third-order valence-corrected chi connectivity index (χ3v) is 0. The van der Waals surface area contributed by atoms with E-state index in [1.54, 1.807) is 0 Å². The Bertz CT molecular complexity index is 6.00. The van der Waals surface area contributed by atoms with E-state index in [1.165, 1.54) is 0 Å². The van der Waals surface area contributed by atoms with E-state index in [4.69, 9.17) is 0 Å². The molecule has 0 radical (unpaired) electrons. The van der Waals surface area contributed by atoms with Gasteiger partial charge in [-0.3, -0.25) is 0 Å². The molecule has 0 aromatic carbocycles. The van der Waals surface area contributed by atoms with Gasteiger partial charge in [0.05, 0.1) is 0 Å². The van der Waals surface area contributed by atoms with Gasteiger partial charge in [-0.2, -0.15) is 0 Å². The van der Waals surface area contributed by atoms with Gasteiger partial charge < -0.3 is 24.8 Å². The van der Waals surface area contributed by atoms with E-state index >= 15 is 0 Å². The molecule has 0 aliphatic rings. The molecule has 0 aromatic rings. The Kier molecular flexibility index (Phi) is 96.2. The summed E-state index contributed by atoms with van der Waals surface area (Å²) in [4.78, 5) is 0. The Morgan fingerprint density at radius 3 is 1.00 bits per heavy atom. The normalized spacial score (nSPS) is 1.50. The number of hydrogen-bond acceptors (Lipinski definition) is 0. The Morgan fingerprint density at radius 1 is 1.00 bits per heavy atom. The number of hydrogen-bond donors (Lipinski definition) is 0. The zero-order valence-corrected chi connectivity index (χ0v) is 6.59. The molecule has 1 unspecified atom stereocenters. The van der Waals surface area contributed by atoms with Gasteiger partial charge in [-0.15, -0.1) is 0 Å². The summed E-state index contributed by atoms with van der Waals surface area (Å²) in [6.45, 7) is 0. The molecule has 0 fully saturated rings. The van der Waals surface area contributed by atoms with Crippen molar-refractivity contribution in [2.24, 2.45) is 0 Å². The van der Waals surface area contributed by atoms with Crippen LogP contribution in [0.2, 0.25) is 0 Å². The van der Waals surface area contributed by atoms with Crippen LogP contribution in [0.4, 0.5) is 0 Å². The van der Waals surface area contributed by atoms with Gasteiger partial charge in [0.1, 0.15) is 0 Å². The average molecular weight is 299 g/mol. The maximum absolute atomic E-state index is 2.39. The minimum absolute atomic E-state index is 0. The van der Waals surface area contributed by atoms with Gasteiger partial charge in [-0.1, -0.05) is 0 Å². The van der Waals surface area contributed by atoms with Gasteiger partial charge in [0.2, 0.25) is 0 Å². The number of halogens is 2. The molecule has 4 heavy (non-hydrogen) atoms. The second kappa shape index (κ2) is 22.3. The second-order valence-corrected chi connectivity index (χ2v) is 0. The first kappa shape index (κ1) is 17.3. The number of rotatable bonds is 0. The summed E-state index contributed by atoms with van der Waals surface area (Å²) in [7, 11) is 2.39. The van der Waals surface area contributed by atoms with E-state index in [0.29, 0.717) is 0 Å². The van der Waals surface area contributed by atoms with Crippen LogP contribution in [-0.2, 0) is 19.3 Å². The Labute approximate surface area is 51.5 Å². The van der Waals surface area contributed by atoms with Gasteiger partial charge in [-0.05, 0) is 0 Å². The van der Waals surface area contributed by atoms with Crippen LogP contribution in [0.25, 0.3) is 0 Å². The monoisotopic (exact) mass is 298 g/mol. The molecule has 4 heteroatoms. The summed E-state index contributed by atoms with van der Waals surface area (Å²) in [6.07, 6.45) is 0. The average Bonchev–Trinajstić information content (AvgIpc) is 1.00. The van der Waals surface area contributed by atoms with Gasteiger partial charge in [0, 0.05) is 0 Å². The molecule has 1 atom stereocenters. The molecule has 0 aromatic heterocycles. The molecule has 0 N–H and O–H groups in total. The van der Waals surface area contributed by atoms with Crippen LogP contribution < -0.4 is 24.8 Å². The summed E-state index contributed by atoms with van der Waals surface area (Å²) in [6, 6.07) is 0. The van der Waals surface area contributed by atoms with Crippen molar-refractivity contribution in [2.75, 3.05) is 0 Å². The fourth-order valence-electron chi connectivity index (χ4n) is 0. The molecule has 0 bridgehead atoms. The van der Waals surface area contributed by atoms with Crippen LogP contribution in [0.3, 0.4) is 0 Å². The van der Waals surface area contributed by atoms with Crippen LogP contribution in [-0.4, -0.2) is 0 Å². The molecule has 0 saturated heterocycles. The predicted molar refractivity (Wildman–Crippen MR) is 9.71 cm³/mol. The minimum atomic E-state index is 0. The van der Waals surface area contributed by atoms with Crippen molar-refractivity contribution in [3.8, 4) is 0 Å². The zero-order chi connectivity index (χ0) is 2.00. The van der Waals surface area contributed by atoms with Crippen molar-refractivity contribution >= 4 is 7.33 Å². The SMILES string of the molecule is [Cl-].[Cl-].[PH2][Pt+2]. The fourth-order valence-corrected chi connectivity index (χ4v) is 0. The van der Waals surface area contributed by atoms with Gasteiger partial charge in [0.25, 0.3) is 0 Å². The third kappa shape index (κ3) is 9.34. The molecule has 0 spiro atoms. The predicted octanol–water partition coefficient (Wildman–Crippen LogP) is -5.67. The maximum atomic E-state index is 2.39. The third-order valence-electron chi connectivity index (χ3n) is 0. The van der Waals surface area contributed by atoms with E-state index in [9.17, 15) is 0 Å². The Hall–Kier alpha value is 1.70. The quantitative estimate of drug-likeness (QED) is 0.391. The van der Waals surface area contributed by atoms with E-state index in [2.05, 4.69) is 26.6 Å². The van der Waals surface area contributed by atoms with Crippen molar-refractivity contribution in [3.63, 3.8) is 0 Å². The topological polar surface area (TPSA) is 0 Å².